The SMILES string of the molecule is Cc1cc(Br)cnc1N1CCCN(c2ncccn2)CC1. The molecule has 0 unspecified atom stereocenters. The summed E-state index contributed by atoms with van der Waals surface area (Å²) in [5.74, 6) is 1.90. The summed E-state index contributed by atoms with van der Waals surface area (Å²) in [5.41, 5.74) is 1.20. The zero-order chi connectivity index (χ0) is 14.7. The molecule has 0 aliphatic carbocycles. The first-order valence-corrected chi connectivity index (χ1v) is 7.92. The Morgan fingerprint density at radius 1 is 1.00 bits per heavy atom. The largest absolute Gasteiger partial charge is 0.355 e. The van der Waals surface area contributed by atoms with Crippen molar-refractivity contribution < 1.29 is 0 Å². The molecule has 3 heterocycles. The lowest BCUT2D eigenvalue weighted by Gasteiger charge is -2.24. The fourth-order valence-electron chi connectivity index (χ4n) is 2.65. The number of hydrogen-bond acceptors (Lipinski definition) is 5. The molecule has 0 radical (unpaired) electrons. The minimum absolute atomic E-state index is 0.819. The summed E-state index contributed by atoms with van der Waals surface area (Å²) in [6, 6.07) is 3.97. The summed E-state index contributed by atoms with van der Waals surface area (Å²) in [7, 11) is 0. The molecule has 0 aromatic carbocycles. The minimum Gasteiger partial charge on any atom is -0.355 e. The molecule has 2 aromatic rings. The zero-order valence-electron chi connectivity index (χ0n) is 12.0. The molecule has 5 nitrogen and oxygen atoms in total. The molecule has 0 atom stereocenters. The van der Waals surface area contributed by atoms with Gasteiger partial charge in [0.15, 0.2) is 0 Å². The van der Waals surface area contributed by atoms with Crippen LogP contribution in [0.2, 0.25) is 0 Å². The van der Waals surface area contributed by atoms with Crippen LogP contribution in [0, 0.1) is 6.92 Å². The highest BCUT2D eigenvalue weighted by molar-refractivity contribution is 9.10. The van der Waals surface area contributed by atoms with Gasteiger partial charge in [-0.25, -0.2) is 15.0 Å². The highest BCUT2D eigenvalue weighted by atomic mass is 79.9. The van der Waals surface area contributed by atoms with Crippen molar-refractivity contribution in [1.29, 1.82) is 0 Å². The standard InChI is InChI=1S/C15H18BrN5/c1-12-10-13(16)11-19-14(12)20-6-3-7-21(9-8-20)15-17-4-2-5-18-15/h2,4-5,10-11H,3,6-9H2,1H3. The van der Waals surface area contributed by atoms with Crippen LogP contribution in [-0.4, -0.2) is 41.1 Å². The molecule has 0 amide bonds. The van der Waals surface area contributed by atoms with Crippen LogP contribution in [-0.2, 0) is 0 Å². The van der Waals surface area contributed by atoms with Crippen molar-refractivity contribution in [2.24, 2.45) is 0 Å². The molecule has 1 saturated heterocycles. The summed E-state index contributed by atoms with van der Waals surface area (Å²) in [5, 5.41) is 0. The van der Waals surface area contributed by atoms with Crippen LogP contribution >= 0.6 is 15.9 Å². The monoisotopic (exact) mass is 347 g/mol. The Hall–Kier alpha value is -1.69. The third-order valence-corrected chi connectivity index (χ3v) is 4.08. The number of hydrogen-bond donors (Lipinski definition) is 0. The van der Waals surface area contributed by atoms with Gasteiger partial charge in [-0.3, -0.25) is 0 Å². The topological polar surface area (TPSA) is 45.2 Å². The highest BCUT2D eigenvalue weighted by Crippen LogP contribution is 2.22. The summed E-state index contributed by atoms with van der Waals surface area (Å²) >= 11 is 3.47. The normalized spacial score (nSPS) is 15.9. The number of nitrogens with zero attached hydrogens (tertiary/aromatic N) is 5. The van der Waals surface area contributed by atoms with E-state index in [9.17, 15) is 0 Å². The molecule has 6 heteroatoms. The second kappa shape index (κ2) is 6.39. The molecule has 0 saturated carbocycles. The lowest BCUT2D eigenvalue weighted by atomic mass is 10.2. The first-order chi connectivity index (χ1) is 10.2. The fraction of sp³-hybridized carbons (Fsp3) is 0.400. The van der Waals surface area contributed by atoms with Gasteiger partial charge in [0.05, 0.1) is 0 Å². The van der Waals surface area contributed by atoms with Gasteiger partial charge in [-0.2, -0.15) is 0 Å². The first kappa shape index (κ1) is 14.3. The predicted octanol–water partition coefficient (Wildman–Crippen LogP) is 2.66. The zero-order valence-corrected chi connectivity index (χ0v) is 13.6. The molecular weight excluding hydrogens is 330 g/mol. The van der Waals surface area contributed by atoms with Crippen LogP contribution in [0.3, 0.4) is 0 Å². The van der Waals surface area contributed by atoms with Crippen molar-refractivity contribution in [3.63, 3.8) is 0 Å². The quantitative estimate of drug-likeness (QED) is 0.835. The van der Waals surface area contributed by atoms with Crippen LogP contribution in [0.4, 0.5) is 11.8 Å². The van der Waals surface area contributed by atoms with Gasteiger partial charge in [-0.15, -0.1) is 0 Å². The summed E-state index contributed by atoms with van der Waals surface area (Å²) in [6.45, 7) is 5.96. The Kier molecular flexibility index (Phi) is 4.34. The molecule has 0 bridgehead atoms. The molecule has 3 rings (SSSR count). The highest BCUT2D eigenvalue weighted by Gasteiger charge is 2.18. The van der Waals surface area contributed by atoms with Crippen LogP contribution < -0.4 is 9.80 Å². The van der Waals surface area contributed by atoms with Gasteiger partial charge in [0.25, 0.3) is 0 Å². The average molecular weight is 348 g/mol. The van der Waals surface area contributed by atoms with Crippen LogP contribution in [0.1, 0.15) is 12.0 Å². The second-order valence-corrected chi connectivity index (χ2v) is 6.09. The number of anilines is 2. The smallest absolute Gasteiger partial charge is 0.225 e. The lowest BCUT2D eigenvalue weighted by Crippen LogP contribution is -2.32. The van der Waals surface area contributed by atoms with Gasteiger partial charge in [0.1, 0.15) is 5.82 Å². The Bertz CT molecular complexity index is 604. The van der Waals surface area contributed by atoms with Crippen LogP contribution in [0.15, 0.2) is 35.2 Å². The molecule has 110 valence electrons. The molecule has 0 spiro atoms. The van der Waals surface area contributed by atoms with E-state index in [-0.39, 0.29) is 0 Å². The number of pyridine rings is 1. The van der Waals surface area contributed by atoms with E-state index in [4.69, 9.17) is 0 Å². The number of aromatic nitrogens is 3. The number of rotatable bonds is 2. The van der Waals surface area contributed by atoms with Crippen molar-refractivity contribution >= 4 is 27.7 Å². The van der Waals surface area contributed by atoms with Crippen LogP contribution in [0.25, 0.3) is 0 Å². The third-order valence-electron chi connectivity index (χ3n) is 3.65. The molecular formula is C15H18BrN5. The van der Waals surface area contributed by atoms with Crippen molar-refractivity contribution in [2.45, 2.75) is 13.3 Å². The molecule has 2 aromatic heterocycles. The summed E-state index contributed by atoms with van der Waals surface area (Å²) in [4.78, 5) is 17.9. The van der Waals surface area contributed by atoms with E-state index in [2.05, 4.69) is 53.7 Å². The van der Waals surface area contributed by atoms with Gasteiger partial charge >= 0.3 is 0 Å². The second-order valence-electron chi connectivity index (χ2n) is 5.17. The Balaban J connectivity index is 1.74. The van der Waals surface area contributed by atoms with Gasteiger partial charge in [0, 0.05) is 49.2 Å². The van der Waals surface area contributed by atoms with Gasteiger partial charge < -0.3 is 9.80 Å². The number of aryl methyl sites for hydroxylation is 1. The Morgan fingerprint density at radius 3 is 2.48 bits per heavy atom. The lowest BCUT2D eigenvalue weighted by molar-refractivity contribution is 0.781. The maximum Gasteiger partial charge on any atom is 0.225 e. The van der Waals surface area contributed by atoms with E-state index < -0.39 is 0 Å². The molecule has 0 N–H and O–H groups in total. The van der Waals surface area contributed by atoms with Crippen molar-refractivity contribution in [2.75, 3.05) is 36.0 Å². The van der Waals surface area contributed by atoms with Crippen molar-refractivity contribution in [3.05, 3.63) is 40.8 Å². The van der Waals surface area contributed by atoms with Crippen LogP contribution in [0.5, 0.6) is 0 Å². The fourth-order valence-corrected chi connectivity index (χ4v) is 3.09. The van der Waals surface area contributed by atoms with E-state index >= 15 is 0 Å². The average Bonchev–Trinajstić information content (AvgIpc) is 2.74. The van der Waals surface area contributed by atoms with Crippen molar-refractivity contribution in [1.82, 2.24) is 15.0 Å². The number of halogens is 1. The van der Waals surface area contributed by atoms with Crippen molar-refractivity contribution in [3.8, 4) is 0 Å². The van der Waals surface area contributed by atoms with Gasteiger partial charge in [0.2, 0.25) is 5.95 Å². The van der Waals surface area contributed by atoms with E-state index in [0.29, 0.717) is 0 Å². The van der Waals surface area contributed by atoms with Gasteiger partial charge in [-0.05, 0) is 47.0 Å². The van der Waals surface area contributed by atoms with E-state index in [1.54, 1.807) is 12.4 Å². The Labute approximate surface area is 133 Å². The maximum atomic E-state index is 4.57. The summed E-state index contributed by atoms with van der Waals surface area (Å²) in [6.07, 6.45) is 6.54. The molecule has 1 aliphatic heterocycles. The van der Waals surface area contributed by atoms with E-state index in [1.165, 1.54) is 5.56 Å². The Morgan fingerprint density at radius 2 is 1.71 bits per heavy atom. The molecule has 1 aliphatic rings. The summed E-state index contributed by atoms with van der Waals surface area (Å²) < 4.78 is 1.03. The first-order valence-electron chi connectivity index (χ1n) is 7.13. The predicted molar refractivity (Wildman–Crippen MR) is 87.7 cm³/mol. The van der Waals surface area contributed by atoms with Gasteiger partial charge in [-0.1, -0.05) is 0 Å². The van der Waals surface area contributed by atoms with E-state index in [0.717, 1.165) is 48.8 Å². The molecule has 21 heavy (non-hydrogen) atoms. The van der Waals surface area contributed by atoms with E-state index in [1.807, 2.05) is 12.3 Å². The maximum absolute atomic E-state index is 4.57. The molecule has 1 fully saturated rings. The third kappa shape index (κ3) is 3.32. The minimum atomic E-state index is 0.819.